The van der Waals surface area contributed by atoms with Gasteiger partial charge in [-0.3, -0.25) is 4.31 Å². The number of anilines is 1. The highest BCUT2D eigenvalue weighted by molar-refractivity contribution is 7.92. The maximum Gasteiger partial charge on any atom is 0.232 e. The Bertz CT molecular complexity index is 712. The number of sulfone groups is 1. The van der Waals surface area contributed by atoms with Crippen LogP contribution in [-0.2, 0) is 19.9 Å². The van der Waals surface area contributed by atoms with E-state index in [1.54, 1.807) is 0 Å². The van der Waals surface area contributed by atoms with Crippen molar-refractivity contribution in [3.63, 3.8) is 0 Å². The first-order valence-corrected chi connectivity index (χ1v) is 9.43. The van der Waals surface area contributed by atoms with Crippen LogP contribution in [0.4, 0.5) is 5.69 Å². The van der Waals surface area contributed by atoms with Crippen LogP contribution >= 0.6 is 0 Å². The van der Waals surface area contributed by atoms with Crippen molar-refractivity contribution in [3.8, 4) is 5.75 Å². The molecule has 1 aliphatic rings. The third-order valence-electron chi connectivity index (χ3n) is 2.90. The summed E-state index contributed by atoms with van der Waals surface area (Å²) in [6.07, 6.45) is 1.07. The van der Waals surface area contributed by atoms with Crippen LogP contribution in [0.5, 0.6) is 5.75 Å². The van der Waals surface area contributed by atoms with E-state index in [1.165, 1.54) is 18.2 Å². The van der Waals surface area contributed by atoms with Crippen molar-refractivity contribution < 1.29 is 21.6 Å². The van der Waals surface area contributed by atoms with Gasteiger partial charge in [-0.2, -0.15) is 0 Å². The summed E-state index contributed by atoms with van der Waals surface area (Å²) < 4.78 is 53.9. The molecule has 1 aromatic carbocycles. The minimum Gasteiger partial charge on any atom is -0.489 e. The molecule has 112 valence electrons. The molecule has 0 spiro atoms. The van der Waals surface area contributed by atoms with Crippen LogP contribution in [0, 0.1) is 0 Å². The molecule has 0 atom stereocenters. The van der Waals surface area contributed by atoms with E-state index < -0.39 is 19.9 Å². The Morgan fingerprint density at radius 3 is 2.60 bits per heavy atom. The Morgan fingerprint density at radius 1 is 1.30 bits per heavy atom. The van der Waals surface area contributed by atoms with Crippen molar-refractivity contribution in [2.45, 2.75) is 4.90 Å². The SMILES string of the molecule is CS(=O)(=O)N1CCOc2ccc(S(=O)(=O)CCN)cc21. The molecule has 9 heteroatoms. The number of fused-ring (bicyclic) bond motifs is 1. The Balaban J connectivity index is 2.54. The first-order valence-electron chi connectivity index (χ1n) is 5.93. The highest BCUT2D eigenvalue weighted by Gasteiger charge is 2.27. The second kappa shape index (κ2) is 5.23. The summed E-state index contributed by atoms with van der Waals surface area (Å²) in [4.78, 5) is 0.0425. The fourth-order valence-corrected chi connectivity index (χ4v) is 4.00. The summed E-state index contributed by atoms with van der Waals surface area (Å²) >= 11 is 0. The van der Waals surface area contributed by atoms with E-state index in [0.717, 1.165) is 10.6 Å². The summed E-state index contributed by atoms with van der Waals surface area (Å²) in [5, 5.41) is 0. The molecule has 7 nitrogen and oxygen atoms in total. The van der Waals surface area contributed by atoms with E-state index >= 15 is 0 Å². The molecule has 2 N–H and O–H groups in total. The molecule has 1 aromatic rings. The Labute approximate surface area is 118 Å². The monoisotopic (exact) mass is 320 g/mol. The van der Waals surface area contributed by atoms with Crippen LogP contribution in [0.2, 0.25) is 0 Å². The molecular weight excluding hydrogens is 304 g/mol. The third kappa shape index (κ3) is 2.89. The lowest BCUT2D eigenvalue weighted by molar-refractivity contribution is 0.315. The zero-order valence-corrected chi connectivity index (χ0v) is 12.6. The van der Waals surface area contributed by atoms with Crippen LogP contribution in [-0.4, -0.2) is 48.5 Å². The van der Waals surface area contributed by atoms with Crippen LogP contribution in [0.25, 0.3) is 0 Å². The maximum atomic E-state index is 12.0. The fraction of sp³-hybridized carbons (Fsp3) is 0.455. The largest absolute Gasteiger partial charge is 0.489 e. The predicted molar refractivity (Wildman–Crippen MR) is 75.2 cm³/mol. The van der Waals surface area contributed by atoms with E-state index in [-0.39, 0.29) is 36.0 Å². The minimum absolute atomic E-state index is 0.00566. The van der Waals surface area contributed by atoms with Crippen LogP contribution in [0.3, 0.4) is 0 Å². The lowest BCUT2D eigenvalue weighted by atomic mass is 10.2. The van der Waals surface area contributed by atoms with Gasteiger partial charge < -0.3 is 10.5 Å². The van der Waals surface area contributed by atoms with Crippen LogP contribution < -0.4 is 14.8 Å². The molecule has 0 bridgehead atoms. The van der Waals surface area contributed by atoms with Gasteiger partial charge in [-0.05, 0) is 18.2 Å². The molecule has 0 saturated carbocycles. The van der Waals surface area contributed by atoms with E-state index in [9.17, 15) is 16.8 Å². The zero-order valence-electron chi connectivity index (χ0n) is 10.9. The van der Waals surface area contributed by atoms with Gasteiger partial charge >= 0.3 is 0 Å². The third-order valence-corrected chi connectivity index (χ3v) is 5.82. The lowest BCUT2D eigenvalue weighted by Gasteiger charge is -2.29. The normalized spacial score (nSPS) is 15.6. The van der Waals surface area contributed by atoms with Gasteiger partial charge in [0, 0.05) is 6.54 Å². The topological polar surface area (TPSA) is 107 Å². The Hall–Kier alpha value is -1.32. The van der Waals surface area contributed by atoms with Crippen molar-refractivity contribution in [2.24, 2.45) is 5.73 Å². The van der Waals surface area contributed by atoms with Gasteiger partial charge in [-0.15, -0.1) is 0 Å². The average Bonchev–Trinajstić information content (AvgIpc) is 2.36. The van der Waals surface area contributed by atoms with Gasteiger partial charge in [-0.25, -0.2) is 16.8 Å². The fourth-order valence-electron chi connectivity index (χ4n) is 1.98. The second-order valence-corrected chi connectivity index (χ2v) is 8.44. The van der Waals surface area contributed by atoms with Gasteiger partial charge in [0.05, 0.1) is 29.1 Å². The van der Waals surface area contributed by atoms with Crippen molar-refractivity contribution >= 4 is 25.5 Å². The van der Waals surface area contributed by atoms with E-state index in [2.05, 4.69) is 0 Å². The molecular formula is C11H16N2O5S2. The van der Waals surface area contributed by atoms with Gasteiger partial charge in [0.1, 0.15) is 12.4 Å². The molecule has 0 amide bonds. The molecule has 1 aliphatic heterocycles. The zero-order chi connectivity index (χ0) is 15.0. The van der Waals surface area contributed by atoms with Gasteiger partial charge in [0.25, 0.3) is 0 Å². The predicted octanol–water partition coefficient (Wildman–Crippen LogP) is -0.423. The number of benzene rings is 1. The number of hydrogen-bond donors (Lipinski definition) is 1. The quantitative estimate of drug-likeness (QED) is 0.807. The number of ether oxygens (including phenoxy) is 1. The van der Waals surface area contributed by atoms with Crippen molar-refractivity contribution in [3.05, 3.63) is 18.2 Å². The highest BCUT2D eigenvalue weighted by Crippen LogP contribution is 2.35. The van der Waals surface area contributed by atoms with Crippen molar-refractivity contribution in [1.29, 1.82) is 0 Å². The molecule has 20 heavy (non-hydrogen) atoms. The average molecular weight is 320 g/mol. The second-order valence-electron chi connectivity index (χ2n) is 4.42. The van der Waals surface area contributed by atoms with Crippen LogP contribution in [0.15, 0.2) is 23.1 Å². The van der Waals surface area contributed by atoms with Crippen molar-refractivity contribution in [2.75, 3.05) is 36.0 Å². The molecule has 0 radical (unpaired) electrons. The number of nitrogens with zero attached hydrogens (tertiary/aromatic N) is 1. The number of hydrogen-bond acceptors (Lipinski definition) is 6. The number of nitrogens with two attached hydrogens (primary N) is 1. The number of rotatable bonds is 4. The van der Waals surface area contributed by atoms with E-state index in [1.807, 2.05) is 0 Å². The first kappa shape index (κ1) is 15.1. The molecule has 1 heterocycles. The smallest absolute Gasteiger partial charge is 0.232 e. The van der Waals surface area contributed by atoms with Gasteiger partial charge in [0.15, 0.2) is 9.84 Å². The van der Waals surface area contributed by atoms with Gasteiger partial charge in [-0.1, -0.05) is 0 Å². The highest BCUT2D eigenvalue weighted by atomic mass is 32.2. The number of sulfonamides is 1. The summed E-state index contributed by atoms with van der Waals surface area (Å²) in [5.41, 5.74) is 5.52. The standard InChI is InChI=1S/C11H16N2O5S2/c1-19(14,15)13-5-6-18-11-3-2-9(8-10(11)13)20(16,17)7-4-12/h2-3,8H,4-7,12H2,1H3. The summed E-state index contributed by atoms with van der Waals surface area (Å²) in [7, 11) is -6.99. The summed E-state index contributed by atoms with van der Waals surface area (Å²) in [6.45, 7) is 0.396. The Kier molecular flexibility index (Phi) is 3.94. The maximum absolute atomic E-state index is 12.0. The lowest BCUT2D eigenvalue weighted by Crippen LogP contribution is -2.37. The molecule has 2 rings (SSSR count). The minimum atomic E-state index is -3.51. The van der Waals surface area contributed by atoms with Crippen molar-refractivity contribution in [1.82, 2.24) is 0 Å². The summed E-state index contributed by atoms with van der Waals surface area (Å²) in [5.74, 6) is 0.166. The van der Waals surface area contributed by atoms with E-state index in [0.29, 0.717) is 5.75 Å². The molecule has 0 unspecified atom stereocenters. The van der Waals surface area contributed by atoms with E-state index in [4.69, 9.17) is 10.5 Å². The molecule has 0 aromatic heterocycles. The van der Waals surface area contributed by atoms with Crippen LogP contribution in [0.1, 0.15) is 0 Å². The Morgan fingerprint density at radius 2 is 2.00 bits per heavy atom. The summed E-state index contributed by atoms with van der Waals surface area (Å²) in [6, 6.07) is 4.19. The molecule has 0 fully saturated rings. The van der Waals surface area contributed by atoms with Gasteiger partial charge in [0.2, 0.25) is 10.0 Å². The first-order chi connectivity index (χ1) is 9.25. The molecule has 0 aliphatic carbocycles. The molecule has 0 saturated heterocycles.